The summed E-state index contributed by atoms with van der Waals surface area (Å²) in [6.07, 6.45) is -0.0628. The van der Waals surface area contributed by atoms with Gasteiger partial charge in [-0.1, -0.05) is 25.1 Å². The predicted octanol–water partition coefficient (Wildman–Crippen LogP) is 1.34. The molecule has 0 aliphatic heterocycles. The van der Waals surface area contributed by atoms with Gasteiger partial charge in [-0.25, -0.2) is 0 Å². The van der Waals surface area contributed by atoms with Crippen LogP contribution in [0, 0.1) is 0 Å². The number of para-hydroxylation sites is 1. The molecule has 78 valence electrons. The lowest BCUT2D eigenvalue weighted by atomic mass is 9.99. The van der Waals surface area contributed by atoms with E-state index in [9.17, 15) is 10.2 Å². The normalized spacial score (nSPS) is 15.1. The molecule has 0 bridgehead atoms. The Balaban J connectivity index is 3.09. The molecule has 1 rings (SSSR count). The topological polar surface area (TPSA) is 66.5 Å². The van der Waals surface area contributed by atoms with Crippen LogP contribution in [0.3, 0.4) is 0 Å². The number of hydrogen-bond acceptors (Lipinski definition) is 3. The molecule has 1 aromatic rings. The first-order valence-corrected chi connectivity index (χ1v) is 4.82. The van der Waals surface area contributed by atoms with Crippen molar-refractivity contribution in [2.75, 3.05) is 0 Å². The summed E-state index contributed by atoms with van der Waals surface area (Å²) in [7, 11) is 0. The fourth-order valence-electron chi connectivity index (χ4n) is 1.42. The zero-order valence-electron chi connectivity index (χ0n) is 8.57. The highest BCUT2D eigenvalue weighted by molar-refractivity contribution is 5.42. The minimum Gasteiger partial charge on any atom is -0.507 e. The average molecular weight is 195 g/mol. The zero-order chi connectivity index (χ0) is 10.7. The van der Waals surface area contributed by atoms with Crippen molar-refractivity contribution in [2.45, 2.75) is 32.4 Å². The van der Waals surface area contributed by atoms with E-state index >= 15 is 0 Å². The molecule has 1 aromatic carbocycles. The van der Waals surface area contributed by atoms with Gasteiger partial charge >= 0.3 is 0 Å². The monoisotopic (exact) mass is 195 g/mol. The van der Waals surface area contributed by atoms with Gasteiger partial charge in [0.25, 0.3) is 0 Å². The Hall–Kier alpha value is -1.06. The maximum absolute atomic E-state index is 9.79. The number of phenols is 1. The van der Waals surface area contributed by atoms with Crippen LogP contribution in [0.25, 0.3) is 0 Å². The van der Waals surface area contributed by atoms with Crippen LogP contribution in [0.15, 0.2) is 18.2 Å². The largest absolute Gasteiger partial charge is 0.507 e. The van der Waals surface area contributed by atoms with Gasteiger partial charge in [-0.15, -0.1) is 0 Å². The molecule has 2 unspecified atom stereocenters. The Bertz CT molecular complexity index is 310. The summed E-state index contributed by atoms with van der Waals surface area (Å²) in [6, 6.07) is 4.97. The molecule has 0 aliphatic carbocycles. The maximum Gasteiger partial charge on any atom is 0.124 e. The van der Waals surface area contributed by atoms with Crippen LogP contribution in [0.1, 0.15) is 31.1 Å². The third-order valence-corrected chi connectivity index (χ3v) is 2.35. The van der Waals surface area contributed by atoms with Crippen LogP contribution in [0.4, 0.5) is 0 Å². The van der Waals surface area contributed by atoms with Crippen LogP contribution in [-0.4, -0.2) is 16.3 Å². The molecular formula is C11H17NO2. The van der Waals surface area contributed by atoms with Gasteiger partial charge in [0.2, 0.25) is 0 Å². The molecule has 0 fully saturated rings. The van der Waals surface area contributed by atoms with E-state index in [-0.39, 0.29) is 11.8 Å². The quantitative estimate of drug-likeness (QED) is 0.681. The van der Waals surface area contributed by atoms with E-state index in [1.54, 1.807) is 13.0 Å². The summed E-state index contributed by atoms with van der Waals surface area (Å²) in [4.78, 5) is 0. The maximum atomic E-state index is 9.79. The Kier molecular flexibility index (Phi) is 3.49. The van der Waals surface area contributed by atoms with Crippen LogP contribution in [0.2, 0.25) is 0 Å². The third kappa shape index (κ3) is 2.05. The Morgan fingerprint density at radius 3 is 2.57 bits per heavy atom. The molecular weight excluding hydrogens is 178 g/mol. The van der Waals surface area contributed by atoms with Crippen molar-refractivity contribution in [3.8, 4) is 5.75 Å². The number of aromatic hydroxyl groups is 1. The van der Waals surface area contributed by atoms with Gasteiger partial charge < -0.3 is 15.9 Å². The lowest BCUT2D eigenvalue weighted by Gasteiger charge is -2.17. The molecule has 2 atom stereocenters. The van der Waals surface area contributed by atoms with Crippen LogP contribution >= 0.6 is 0 Å². The summed E-state index contributed by atoms with van der Waals surface area (Å²) in [5.41, 5.74) is 6.92. The molecule has 3 heteroatoms. The minimum atomic E-state index is -0.804. The first-order valence-electron chi connectivity index (χ1n) is 4.82. The molecule has 4 N–H and O–H groups in total. The standard InChI is InChI=1S/C11H17NO2/c1-3-8-5-4-6-9(11(8)14)10(13)7(2)12/h4-7,10,13-14H,3,12H2,1-2H3. The second kappa shape index (κ2) is 4.44. The van der Waals surface area contributed by atoms with Crippen LogP contribution < -0.4 is 5.73 Å². The van der Waals surface area contributed by atoms with Gasteiger partial charge in [0.05, 0.1) is 6.10 Å². The lowest BCUT2D eigenvalue weighted by molar-refractivity contribution is 0.149. The fourth-order valence-corrected chi connectivity index (χ4v) is 1.42. The van der Waals surface area contributed by atoms with Gasteiger partial charge in [-0.2, -0.15) is 0 Å². The van der Waals surface area contributed by atoms with Crippen LogP contribution in [-0.2, 0) is 6.42 Å². The van der Waals surface area contributed by atoms with Gasteiger partial charge in [0.15, 0.2) is 0 Å². The molecule has 0 amide bonds. The second-order valence-electron chi connectivity index (χ2n) is 3.51. The number of benzene rings is 1. The highest BCUT2D eigenvalue weighted by Crippen LogP contribution is 2.29. The first-order chi connectivity index (χ1) is 6.57. The van der Waals surface area contributed by atoms with Crippen molar-refractivity contribution in [1.29, 1.82) is 0 Å². The molecule has 0 saturated carbocycles. The first kappa shape index (κ1) is 11.0. The minimum absolute atomic E-state index is 0.166. The SMILES string of the molecule is CCc1cccc(C(O)C(C)N)c1O. The van der Waals surface area contributed by atoms with E-state index in [2.05, 4.69) is 0 Å². The molecule has 0 saturated heterocycles. The van der Waals surface area contributed by atoms with E-state index in [4.69, 9.17) is 5.73 Å². The fraction of sp³-hybridized carbons (Fsp3) is 0.455. The number of aliphatic hydroxyl groups is 1. The summed E-state index contributed by atoms with van der Waals surface area (Å²) < 4.78 is 0. The molecule has 0 heterocycles. The van der Waals surface area contributed by atoms with E-state index in [1.807, 2.05) is 19.1 Å². The summed E-state index contributed by atoms with van der Waals surface area (Å²) in [5, 5.41) is 19.5. The molecule has 14 heavy (non-hydrogen) atoms. The van der Waals surface area contributed by atoms with E-state index < -0.39 is 6.10 Å². The average Bonchev–Trinajstić information content (AvgIpc) is 2.17. The Morgan fingerprint density at radius 1 is 1.43 bits per heavy atom. The van der Waals surface area contributed by atoms with Crippen molar-refractivity contribution in [1.82, 2.24) is 0 Å². The summed E-state index contributed by atoms with van der Waals surface area (Å²) in [5.74, 6) is 0.166. The number of rotatable bonds is 3. The van der Waals surface area contributed by atoms with E-state index in [0.717, 1.165) is 12.0 Å². The Morgan fingerprint density at radius 2 is 2.07 bits per heavy atom. The summed E-state index contributed by atoms with van der Waals surface area (Å²) in [6.45, 7) is 3.67. The van der Waals surface area contributed by atoms with Crippen molar-refractivity contribution in [3.05, 3.63) is 29.3 Å². The Labute approximate surface area is 84.2 Å². The van der Waals surface area contributed by atoms with Crippen molar-refractivity contribution < 1.29 is 10.2 Å². The molecule has 0 radical (unpaired) electrons. The van der Waals surface area contributed by atoms with E-state index in [1.165, 1.54) is 0 Å². The van der Waals surface area contributed by atoms with Gasteiger partial charge in [-0.05, 0) is 18.9 Å². The van der Waals surface area contributed by atoms with E-state index in [0.29, 0.717) is 5.56 Å². The molecule has 3 nitrogen and oxygen atoms in total. The summed E-state index contributed by atoms with van der Waals surface area (Å²) >= 11 is 0. The van der Waals surface area contributed by atoms with Crippen molar-refractivity contribution in [2.24, 2.45) is 5.73 Å². The third-order valence-electron chi connectivity index (χ3n) is 2.35. The van der Waals surface area contributed by atoms with Crippen molar-refractivity contribution >= 4 is 0 Å². The number of hydrogen-bond donors (Lipinski definition) is 3. The second-order valence-corrected chi connectivity index (χ2v) is 3.51. The predicted molar refractivity (Wildman–Crippen MR) is 56.1 cm³/mol. The number of aliphatic hydroxyl groups excluding tert-OH is 1. The molecule has 0 spiro atoms. The van der Waals surface area contributed by atoms with Gasteiger partial charge in [0.1, 0.15) is 5.75 Å². The highest BCUT2D eigenvalue weighted by atomic mass is 16.3. The smallest absolute Gasteiger partial charge is 0.124 e. The molecule has 0 aliphatic rings. The number of aryl methyl sites for hydroxylation is 1. The molecule has 0 aromatic heterocycles. The highest BCUT2D eigenvalue weighted by Gasteiger charge is 2.17. The van der Waals surface area contributed by atoms with Gasteiger partial charge in [-0.3, -0.25) is 0 Å². The van der Waals surface area contributed by atoms with Crippen LogP contribution in [0.5, 0.6) is 5.75 Å². The number of nitrogens with two attached hydrogens (primary N) is 1. The lowest BCUT2D eigenvalue weighted by Crippen LogP contribution is -2.24. The van der Waals surface area contributed by atoms with Gasteiger partial charge in [0, 0.05) is 11.6 Å². The van der Waals surface area contributed by atoms with Crippen molar-refractivity contribution in [3.63, 3.8) is 0 Å². The number of phenolic OH excluding ortho intramolecular Hbond substituents is 1. The zero-order valence-corrected chi connectivity index (χ0v) is 8.57.